The summed E-state index contributed by atoms with van der Waals surface area (Å²) in [6, 6.07) is 6.22. The molecule has 0 amide bonds. The zero-order chi connectivity index (χ0) is 15.3. The standard InChI is InChI=1S/C16H25N3OS.HI/c1-12-4-5-14(10-13(12)2)19-15(17)18-11-16(21-3)6-8-20-9-7-16;/h4-5,10H,6-9,11H2,1-3H3,(H3,17,18,19);1H. The number of guanidine groups is 1. The van der Waals surface area contributed by atoms with Crippen LogP contribution in [0, 0.1) is 13.8 Å². The molecule has 1 aliphatic rings. The van der Waals surface area contributed by atoms with Crippen LogP contribution in [0.2, 0.25) is 0 Å². The fourth-order valence-corrected chi connectivity index (χ4v) is 3.17. The normalized spacial score (nSPS) is 17.7. The Labute approximate surface area is 154 Å². The highest BCUT2D eigenvalue weighted by molar-refractivity contribution is 14.0. The molecule has 1 aliphatic heterocycles. The second-order valence-corrected chi connectivity index (χ2v) is 6.90. The number of benzene rings is 1. The Kier molecular flexibility index (Phi) is 7.99. The fourth-order valence-electron chi connectivity index (χ4n) is 2.41. The molecule has 0 radical (unpaired) electrons. The van der Waals surface area contributed by atoms with Crippen LogP contribution >= 0.6 is 35.7 Å². The third-order valence-electron chi connectivity index (χ3n) is 4.15. The number of aliphatic imine (C=N–C) groups is 1. The molecule has 124 valence electrons. The van der Waals surface area contributed by atoms with Gasteiger partial charge in [0.05, 0.1) is 6.54 Å². The molecule has 1 heterocycles. The summed E-state index contributed by atoms with van der Waals surface area (Å²) in [7, 11) is 0. The van der Waals surface area contributed by atoms with Crippen molar-refractivity contribution in [1.29, 1.82) is 0 Å². The van der Waals surface area contributed by atoms with E-state index in [1.807, 2.05) is 17.8 Å². The number of hydrogen-bond donors (Lipinski definition) is 2. The summed E-state index contributed by atoms with van der Waals surface area (Å²) in [6.07, 6.45) is 4.22. The van der Waals surface area contributed by atoms with Crippen LogP contribution in [0.3, 0.4) is 0 Å². The van der Waals surface area contributed by atoms with Gasteiger partial charge in [-0.1, -0.05) is 6.07 Å². The summed E-state index contributed by atoms with van der Waals surface area (Å²) in [6.45, 7) is 6.57. The van der Waals surface area contributed by atoms with Gasteiger partial charge in [-0.2, -0.15) is 11.8 Å². The van der Waals surface area contributed by atoms with E-state index in [9.17, 15) is 0 Å². The summed E-state index contributed by atoms with van der Waals surface area (Å²) in [5, 5.41) is 3.18. The van der Waals surface area contributed by atoms with Crippen LogP contribution in [0.5, 0.6) is 0 Å². The number of anilines is 1. The lowest BCUT2D eigenvalue weighted by atomic mass is 9.99. The zero-order valence-electron chi connectivity index (χ0n) is 13.5. The predicted molar refractivity (Wildman–Crippen MR) is 108 cm³/mol. The van der Waals surface area contributed by atoms with Crippen molar-refractivity contribution in [3.8, 4) is 0 Å². The number of rotatable bonds is 4. The second kappa shape index (κ2) is 8.98. The molecule has 1 saturated heterocycles. The van der Waals surface area contributed by atoms with Gasteiger partial charge in [0.2, 0.25) is 0 Å². The Balaban J connectivity index is 0.00000242. The third-order valence-corrected chi connectivity index (χ3v) is 5.56. The van der Waals surface area contributed by atoms with Crippen LogP contribution in [-0.2, 0) is 4.74 Å². The fraction of sp³-hybridized carbons (Fsp3) is 0.562. The lowest BCUT2D eigenvalue weighted by Crippen LogP contribution is -2.37. The quantitative estimate of drug-likeness (QED) is 0.432. The third kappa shape index (κ3) is 5.31. The number of halogens is 1. The maximum Gasteiger partial charge on any atom is 0.193 e. The molecule has 0 bridgehead atoms. The highest BCUT2D eigenvalue weighted by Gasteiger charge is 2.31. The lowest BCUT2D eigenvalue weighted by Gasteiger charge is -2.34. The Morgan fingerprint density at radius 3 is 2.59 bits per heavy atom. The lowest BCUT2D eigenvalue weighted by molar-refractivity contribution is 0.0794. The summed E-state index contributed by atoms with van der Waals surface area (Å²) in [5.74, 6) is 0.484. The van der Waals surface area contributed by atoms with Crippen molar-refractivity contribution in [2.45, 2.75) is 31.4 Å². The van der Waals surface area contributed by atoms with Crippen LogP contribution in [0.4, 0.5) is 5.69 Å². The molecule has 4 nitrogen and oxygen atoms in total. The van der Waals surface area contributed by atoms with Gasteiger partial charge in [0.25, 0.3) is 0 Å². The van der Waals surface area contributed by atoms with E-state index in [-0.39, 0.29) is 28.7 Å². The molecule has 0 aromatic heterocycles. The first-order valence-electron chi connectivity index (χ1n) is 7.32. The van der Waals surface area contributed by atoms with Gasteiger partial charge in [0.15, 0.2) is 5.96 Å². The molecule has 0 spiro atoms. The van der Waals surface area contributed by atoms with E-state index in [1.54, 1.807) is 0 Å². The van der Waals surface area contributed by atoms with Gasteiger partial charge in [-0.15, -0.1) is 24.0 Å². The van der Waals surface area contributed by atoms with Gasteiger partial charge < -0.3 is 15.8 Å². The minimum atomic E-state index is 0. The van der Waals surface area contributed by atoms with Crippen molar-refractivity contribution in [3.05, 3.63) is 29.3 Å². The molecule has 1 aromatic rings. The van der Waals surface area contributed by atoms with Crippen molar-refractivity contribution < 1.29 is 4.74 Å². The monoisotopic (exact) mass is 435 g/mol. The number of nitrogens with one attached hydrogen (secondary N) is 1. The largest absolute Gasteiger partial charge is 0.381 e. The highest BCUT2D eigenvalue weighted by atomic mass is 127. The molecule has 3 N–H and O–H groups in total. The minimum Gasteiger partial charge on any atom is -0.381 e. The number of hydrogen-bond acceptors (Lipinski definition) is 3. The van der Waals surface area contributed by atoms with Crippen molar-refractivity contribution in [2.75, 3.05) is 31.3 Å². The Morgan fingerprint density at radius 2 is 2.00 bits per heavy atom. The predicted octanol–water partition coefficient (Wildman–Crippen LogP) is 3.56. The Hall–Kier alpha value is -0.470. The summed E-state index contributed by atoms with van der Waals surface area (Å²) in [5.41, 5.74) is 9.54. The van der Waals surface area contributed by atoms with E-state index >= 15 is 0 Å². The van der Waals surface area contributed by atoms with Gasteiger partial charge >= 0.3 is 0 Å². The molecule has 0 saturated carbocycles. The number of nitrogens with two attached hydrogens (primary N) is 1. The van der Waals surface area contributed by atoms with Crippen LogP contribution < -0.4 is 11.1 Å². The molecule has 1 aromatic carbocycles. The number of ether oxygens (including phenoxy) is 1. The first-order chi connectivity index (χ1) is 10.0. The minimum absolute atomic E-state index is 0. The van der Waals surface area contributed by atoms with E-state index < -0.39 is 0 Å². The molecule has 2 rings (SSSR count). The van der Waals surface area contributed by atoms with E-state index in [4.69, 9.17) is 10.5 Å². The summed E-state index contributed by atoms with van der Waals surface area (Å²) >= 11 is 1.88. The number of nitrogens with zero attached hydrogens (tertiary/aromatic N) is 1. The Morgan fingerprint density at radius 1 is 1.32 bits per heavy atom. The highest BCUT2D eigenvalue weighted by Crippen LogP contribution is 2.33. The maximum absolute atomic E-state index is 6.02. The van der Waals surface area contributed by atoms with Gasteiger partial charge in [0, 0.05) is 23.6 Å². The maximum atomic E-state index is 6.02. The Bertz CT molecular complexity index is 516. The number of thioether (sulfide) groups is 1. The average molecular weight is 435 g/mol. The van der Waals surface area contributed by atoms with Gasteiger partial charge in [-0.05, 0) is 56.2 Å². The topological polar surface area (TPSA) is 59.6 Å². The first-order valence-corrected chi connectivity index (χ1v) is 8.54. The van der Waals surface area contributed by atoms with Crippen LogP contribution in [0.15, 0.2) is 23.2 Å². The summed E-state index contributed by atoms with van der Waals surface area (Å²) < 4.78 is 5.62. The molecule has 22 heavy (non-hydrogen) atoms. The van der Waals surface area contributed by atoms with Crippen molar-refractivity contribution in [1.82, 2.24) is 0 Å². The zero-order valence-corrected chi connectivity index (χ0v) is 16.7. The van der Waals surface area contributed by atoms with Crippen LogP contribution in [0.25, 0.3) is 0 Å². The molecule has 1 fully saturated rings. The van der Waals surface area contributed by atoms with E-state index in [0.717, 1.165) is 38.3 Å². The molecule has 0 unspecified atom stereocenters. The molecule has 0 atom stereocenters. The molecular weight excluding hydrogens is 409 g/mol. The van der Waals surface area contributed by atoms with Gasteiger partial charge in [0.1, 0.15) is 0 Å². The second-order valence-electron chi connectivity index (χ2n) is 5.63. The molecule has 0 aliphatic carbocycles. The van der Waals surface area contributed by atoms with Crippen LogP contribution in [-0.4, -0.2) is 36.7 Å². The SMILES string of the molecule is CSC1(CN=C(N)Nc2ccc(C)c(C)c2)CCOCC1.I. The van der Waals surface area contributed by atoms with E-state index in [2.05, 4.69) is 42.5 Å². The first kappa shape index (κ1) is 19.6. The van der Waals surface area contributed by atoms with Gasteiger partial charge in [-0.3, -0.25) is 4.99 Å². The van der Waals surface area contributed by atoms with E-state index in [1.165, 1.54) is 11.1 Å². The van der Waals surface area contributed by atoms with Crippen molar-refractivity contribution in [2.24, 2.45) is 10.7 Å². The van der Waals surface area contributed by atoms with Crippen molar-refractivity contribution in [3.63, 3.8) is 0 Å². The molecule has 6 heteroatoms. The van der Waals surface area contributed by atoms with Crippen molar-refractivity contribution >= 4 is 47.4 Å². The van der Waals surface area contributed by atoms with Gasteiger partial charge in [-0.25, -0.2) is 0 Å². The average Bonchev–Trinajstić information content (AvgIpc) is 2.50. The number of aryl methyl sites for hydroxylation is 2. The van der Waals surface area contributed by atoms with Crippen LogP contribution in [0.1, 0.15) is 24.0 Å². The van der Waals surface area contributed by atoms with E-state index in [0.29, 0.717) is 5.96 Å². The molecular formula is C16H26IN3OS. The smallest absolute Gasteiger partial charge is 0.193 e. The summed E-state index contributed by atoms with van der Waals surface area (Å²) in [4.78, 5) is 4.55.